The van der Waals surface area contributed by atoms with Gasteiger partial charge in [-0.3, -0.25) is 28.7 Å². The Balaban J connectivity index is 2.50. The molecule has 0 atom stereocenters. The summed E-state index contributed by atoms with van der Waals surface area (Å²) < 4.78 is 13.6. The van der Waals surface area contributed by atoms with Gasteiger partial charge in [0.25, 0.3) is 0 Å². The third kappa shape index (κ3) is 5.50. The van der Waals surface area contributed by atoms with Crippen molar-refractivity contribution in [1.29, 1.82) is 0 Å². The molecule has 32 heavy (non-hydrogen) atoms. The molecule has 0 saturated heterocycles. The number of ether oxygens (including phenoxy) is 2. The van der Waals surface area contributed by atoms with Crippen molar-refractivity contribution in [2.45, 2.75) is 46.7 Å². The molecule has 0 aliphatic rings. The van der Waals surface area contributed by atoms with Crippen LogP contribution in [0.15, 0.2) is 15.7 Å². The van der Waals surface area contributed by atoms with E-state index in [4.69, 9.17) is 9.47 Å². The maximum Gasteiger partial charge on any atom is 0.357 e. The number of nitro groups is 1. The SMILES string of the molecule is CCCn1c(/C=C/c2cc(OCC(=O)OCC)nn2C)c([N+](=O)[O-])c(=O)n(CCC)c1=O. The highest BCUT2D eigenvalue weighted by atomic mass is 16.6. The Morgan fingerprint density at radius 1 is 1.16 bits per heavy atom. The molecule has 2 aromatic rings. The number of hydrogen-bond donors (Lipinski definition) is 0. The maximum absolute atomic E-state index is 12.8. The summed E-state index contributed by atoms with van der Waals surface area (Å²) in [5, 5.41) is 15.8. The van der Waals surface area contributed by atoms with Crippen LogP contribution in [-0.4, -0.2) is 43.0 Å². The van der Waals surface area contributed by atoms with Crippen molar-refractivity contribution in [3.8, 4) is 5.88 Å². The number of carbonyl (C=O) groups excluding carboxylic acids is 1. The summed E-state index contributed by atoms with van der Waals surface area (Å²) >= 11 is 0. The number of esters is 1. The molecule has 0 bridgehead atoms. The third-order valence-corrected chi connectivity index (χ3v) is 4.47. The van der Waals surface area contributed by atoms with Crippen LogP contribution in [0.2, 0.25) is 0 Å². The van der Waals surface area contributed by atoms with Crippen molar-refractivity contribution < 1.29 is 19.2 Å². The number of nitrogens with zero attached hydrogens (tertiary/aromatic N) is 5. The number of aryl methyl sites for hydroxylation is 1. The molecule has 2 rings (SSSR count). The van der Waals surface area contributed by atoms with E-state index < -0.39 is 27.8 Å². The highest BCUT2D eigenvalue weighted by Gasteiger charge is 2.26. The predicted molar refractivity (Wildman–Crippen MR) is 116 cm³/mol. The fourth-order valence-electron chi connectivity index (χ4n) is 3.08. The highest BCUT2D eigenvalue weighted by Crippen LogP contribution is 2.18. The van der Waals surface area contributed by atoms with Gasteiger partial charge in [0.15, 0.2) is 6.61 Å². The average molecular weight is 449 g/mol. The van der Waals surface area contributed by atoms with E-state index in [0.717, 1.165) is 4.57 Å². The molecule has 0 aliphatic heterocycles. The molecular weight excluding hydrogens is 422 g/mol. The fraction of sp³-hybridized carbons (Fsp3) is 0.500. The Hall–Kier alpha value is -3.70. The van der Waals surface area contributed by atoms with E-state index in [-0.39, 0.29) is 37.9 Å². The van der Waals surface area contributed by atoms with Gasteiger partial charge in [0.1, 0.15) is 5.69 Å². The van der Waals surface area contributed by atoms with E-state index >= 15 is 0 Å². The van der Waals surface area contributed by atoms with Crippen molar-refractivity contribution in [1.82, 2.24) is 18.9 Å². The molecular formula is C20H27N5O7. The monoisotopic (exact) mass is 449 g/mol. The highest BCUT2D eigenvalue weighted by molar-refractivity contribution is 5.72. The van der Waals surface area contributed by atoms with Gasteiger partial charge in [0.2, 0.25) is 5.88 Å². The fourth-order valence-corrected chi connectivity index (χ4v) is 3.08. The lowest BCUT2D eigenvalue weighted by molar-refractivity contribution is -0.387. The first-order chi connectivity index (χ1) is 15.2. The molecule has 174 valence electrons. The first kappa shape index (κ1) is 24.6. The Kier molecular flexibility index (Phi) is 8.50. The zero-order valence-corrected chi connectivity index (χ0v) is 18.6. The number of rotatable bonds is 11. The molecule has 0 radical (unpaired) electrons. The molecule has 2 aromatic heterocycles. The molecule has 0 amide bonds. The van der Waals surface area contributed by atoms with Crippen molar-refractivity contribution in [2.75, 3.05) is 13.2 Å². The van der Waals surface area contributed by atoms with Gasteiger partial charge in [-0.05, 0) is 31.9 Å². The van der Waals surface area contributed by atoms with E-state index in [0.29, 0.717) is 18.5 Å². The van der Waals surface area contributed by atoms with Gasteiger partial charge >= 0.3 is 22.9 Å². The standard InChI is InChI=1S/C20H27N5O7/c1-5-10-23-15(18(25(29)30)19(27)24(11-6-2)20(23)28)9-8-14-12-16(21-22(14)4)32-13-17(26)31-7-3/h8-9,12H,5-7,10-11,13H2,1-4H3/b9-8+. The first-order valence-corrected chi connectivity index (χ1v) is 10.3. The summed E-state index contributed by atoms with van der Waals surface area (Å²) in [5.41, 5.74) is -1.80. The summed E-state index contributed by atoms with van der Waals surface area (Å²) in [6, 6.07) is 1.52. The van der Waals surface area contributed by atoms with Gasteiger partial charge in [-0.1, -0.05) is 13.8 Å². The van der Waals surface area contributed by atoms with E-state index in [1.807, 2.05) is 6.92 Å². The molecule has 0 saturated carbocycles. The molecule has 0 aliphatic carbocycles. The minimum absolute atomic E-state index is 0.0885. The van der Waals surface area contributed by atoms with Gasteiger partial charge in [0.05, 0.1) is 17.2 Å². The topological polar surface area (TPSA) is 140 Å². The largest absolute Gasteiger partial charge is 0.465 e. The molecule has 0 fully saturated rings. The third-order valence-electron chi connectivity index (χ3n) is 4.47. The van der Waals surface area contributed by atoms with Crippen LogP contribution in [-0.2, 0) is 29.7 Å². The minimum atomic E-state index is -0.933. The van der Waals surface area contributed by atoms with Gasteiger partial charge in [-0.15, -0.1) is 5.10 Å². The van der Waals surface area contributed by atoms with E-state index in [2.05, 4.69) is 5.10 Å². The second-order valence-electron chi connectivity index (χ2n) is 6.84. The molecule has 0 spiro atoms. The molecule has 2 heterocycles. The zero-order valence-electron chi connectivity index (χ0n) is 18.6. The summed E-state index contributed by atoms with van der Waals surface area (Å²) in [6.07, 6.45) is 3.86. The van der Waals surface area contributed by atoms with Gasteiger partial charge in [-0.25, -0.2) is 9.59 Å². The van der Waals surface area contributed by atoms with Crippen molar-refractivity contribution in [3.05, 3.63) is 48.4 Å². The van der Waals surface area contributed by atoms with Crippen LogP contribution < -0.4 is 16.0 Å². The normalized spacial score (nSPS) is 11.1. The first-order valence-electron chi connectivity index (χ1n) is 10.3. The smallest absolute Gasteiger partial charge is 0.357 e. The van der Waals surface area contributed by atoms with Crippen LogP contribution in [0.1, 0.15) is 45.0 Å². The van der Waals surface area contributed by atoms with Gasteiger partial charge in [-0.2, -0.15) is 0 Å². The van der Waals surface area contributed by atoms with Crippen molar-refractivity contribution in [2.24, 2.45) is 7.05 Å². The van der Waals surface area contributed by atoms with Crippen LogP contribution in [0.5, 0.6) is 5.88 Å². The quantitative estimate of drug-likeness (QED) is 0.286. The van der Waals surface area contributed by atoms with Crippen molar-refractivity contribution >= 4 is 23.8 Å². The van der Waals surface area contributed by atoms with Crippen molar-refractivity contribution in [3.63, 3.8) is 0 Å². The van der Waals surface area contributed by atoms with E-state index in [1.165, 1.54) is 27.5 Å². The van der Waals surface area contributed by atoms with Gasteiger partial charge in [0, 0.05) is 26.2 Å². The number of hydrogen-bond acceptors (Lipinski definition) is 8. The molecule has 0 N–H and O–H groups in total. The summed E-state index contributed by atoms with van der Waals surface area (Å²) in [4.78, 5) is 47.9. The van der Waals surface area contributed by atoms with Crippen LogP contribution in [0.3, 0.4) is 0 Å². The molecule has 12 nitrogen and oxygen atoms in total. The van der Waals surface area contributed by atoms with Crippen LogP contribution in [0, 0.1) is 10.1 Å². The average Bonchev–Trinajstić information content (AvgIpc) is 3.09. The van der Waals surface area contributed by atoms with E-state index in [1.54, 1.807) is 20.9 Å². The van der Waals surface area contributed by atoms with Crippen LogP contribution >= 0.6 is 0 Å². The Labute approximate surface area is 183 Å². The maximum atomic E-state index is 12.8. The molecule has 0 unspecified atom stereocenters. The van der Waals surface area contributed by atoms with Gasteiger partial charge < -0.3 is 9.47 Å². The zero-order chi connectivity index (χ0) is 23.8. The van der Waals surface area contributed by atoms with Crippen LogP contribution in [0.4, 0.5) is 5.69 Å². The number of aromatic nitrogens is 4. The Morgan fingerprint density at radius 2 is 1.81 bits per heavy atom. The Bertz CT molecular complexity index is 1130. The summed E-state index contributed by atoms with van der Waals surface area (Å²) in [5.74, 6) is -0.388. The lowest BCUT2D eigenvalue weighted by atomic mass is 10.2. The second kappa shape index (κ2) is 11.1. The summed E-state index contributed by atoms with van der Waals surface area (Å²) in [6.45, 7) is 5.51. The van der Waals surface area contributed by atoms with E-state index in [9.17, 15) is 24.5 Å². The second-order valence-corrected chi connectivity index (χ2v) is 6.84. The molecule has 0 aromatic carbocycles. The number of carbonyl (C=O) groups is 1. The summed E-state index contributed by atoms with van der Waals surface area (Å²) in [7, 11) is 1.61. The van der Waals surface area contributed by atoms with Crippen LogP contribution in [0.25, 0.3) is 12.2 Å². The minimum Gasteiger partial charge on any atom is -0.465 e. The lowest BCUT2D eigenvalue weighted by Gasteiger charge is -2.12. The lowest BCUT2D eigenvalue weighted by Crippen LogP contribution is -2.42. The molecule has 12 heteroatoms. The predicted octanol–water partition coefficient (Wildman–Crippen LogP) is 1.58. The Morgan fingerprint density at radius 3 is 2.41 bits per heavy atom.